The average Bonchev–Trinajstić information content (AvgIpc) is 2.95. The lowest BCUT2D eigenvalue weighted by molar-refractivity contribution is -0.155. The van der Waals surface area contributed by atoms with Crippen molar-refractivity contribution in [2.45, 2.75) is 31.6 Å². The van der Waals surface area contributed by atoms with Crippen LogP contribution in [0.5, 0.6) is 0 Å². The molecule has 0 radical (unpaired) electrons. The minimum absolute atomic E-state index is 0.00898. The zero-order valence-corrected chi connectivity index (χ0v) is 13.1. The van der Waals surface area contributed by atoms with Crippen LogP contribution in [0.25, 0.3) is 0 Å². The maximum atomic E-state index is 12.0. The van der Waals surface area contributed by atoms with Crippen LogP contribution in [-0.2, 0) is 22.4 Å². The fourth-order valence-electron chi connectivity index (χ4n) is 3.05. The van der Waals surface area contributed by atoms with Crippen molar-refractivity contribution in [2.75, 3.05) is 5.73 Å². The van der Waals surface area contributed by atoms with E-state index in [0.29, 0.717) is 28.6 Å². The fraction of sp³-hybridized carbons (Fsp3) is 0.538. The highest BCUT2D eigenvalue weighted by Gasteiger charge is 2.54. The molecule has 0 aromatic carbocycles. The van der Waals surface area contributed by atoms with E-state index in [4.69, 9.17) is 5.73 Å². The first kappa shape index (κ1) is 14.9. The first-order valence-electron chi connectivity index (χ1n) is 7.02. The summed E-state index contributed by atoms with van der Waals surface area (Å²) in [5, 5.41) is 17.5. The van der Waals surface area contributed by atoms with E-state index in [9.17, 15) is 14.7 Å². The lowest BCUT2D eigenvalue weighted by atomic mass is 9.85. The van der Waals surface area contributed by atoms with Gasteiger partial charge in [0.1, 0.15) is 11.4 Å². The van der Waals surface area contributed by atoms with Crippen molar-refractivity contribution in [1.29, 1.82) is 0 Å². The summed E-state index contributed by atoms with van der Waals surface area (Å²) in [6.45, 7) is 1.95. The maximum Gasteiger partial charge on any atom is 0.353 e. The van der Waals surface area contributed by atoms with Crippen LogP contribution in [-0.4, -0.2) is 42.9 Å². The molecule has 1 aromatic heterocycles. The summed E-state index contributed by atoms with van der Waals surface area (Å²) in [6, 6.07) is -0.00898. The fourth-order valence-corrected chi connectivity index (χ4v) is 4.18. The van der Waals surface area contributed by atoms with Crippen LogP contribution in [0.3, 0.4) is 0 Å². The van der Waals surface area contributed by atoms with E-state index in [1.807, 2.05) is 6.92 Å². The monoisotopic (exact) mass is 323 g/mol. The van der Waals surface area contributed by atoms with E-state index >= 15 is 0 Å². The van der Waals surface area contributed by atoms with Crippen LogP contribution in [0.4, 0.5) is 5.82 Å². The van der Waals surface area contributed by atoms with Gasteiger partial charge in [-0.3, -0.25) is 4.79 Å². The van der Waals surface area contributed by atoms with Crippen LogP contribution in [0.2, 0.25) is 0 Å². The molecule has 9 heteroatoms. The second-order valence-electron chi connectivity index (χ2n) is 5.38. The Kier molecular flexibility index (Phi) is 3.59. The van der Waals surface area contributed by atoms with Gasteiger partial charge in [0.25, 0.3) is 0 Å². The normalized spacial score (nSPS) is 23.7. The number of fused-ring (bicyclic) bond motifs is 1. The van der Waals surface area contributed by atoms with Gasteiger partial charge in [-0.25, -0.2) is 4.79 Å². The Morgan fingerprint density at radius 2 is 2.23 bits per heavy atom. The number of nitrogens with two attached hydrogens (primary N) is 1. The molecule has 0 aliphatic carbocycles. The summed E-state index contributed by atoms with van der Waals surface area (Å²) in [5.74, 6) is -0.415. The van der Waals surface area contributed by atoms with Crippen LogP contribution in [0.1, 0.15) is 25.5 Å². The number of hydrogen-bond donors (Lipinski definition) is 2. The highest BCUT2D eigenvalue weighted by atomic mass is 32.2. The topological polar surface area (TPSA) is 114 Å². The maximum absolute atomic E-state index is 12.0. The molecular weight excluding hydrogens is 306 g/mol. The van der Waals surface area contributed by atoms with Gasteiger partial charge < -0.3 is 15.7 Å². The number of carboxylic acid groups (broad SMARTS) is 1. The predicted molar refractivity (Wildman–Crippen MR) is 80.4 cm³/mol. The first-order valence-corrected chi connectivity index (χ1v) is 8.00. The Balaban J connectivity index is 1.79. The van der Waals surface area contributed by atoms with Gasteiger partial charge in [0.2, 0.25) is 5.91 Å². The number of anilines is 1. The minimum atomic E-state index is -1.06. The summed E-state index contributed by atoms with van der Waals surface area (Å²) in [5.41, 5.74) is 6.49. The van der Waals surface area contributed by atoms with Gasteiger partial charge in [0.05, 0.1) is 12.0 Å². The number of aromatic nitrogens is 3. The molecule has 118 valence electrons. The van der Waals surface area contributed by atoms with Crippen molar-refractivity contribution in [3.05, 3.63) is 16.3 Å². The molecule has 1 fully saturated rings. The number of rotatable bonds is 5. The molecule has 0 bridgehead atoms. The molecule has 8 nitrogen and oxygen atoms in total. The first-order chi connectivity index (χ1) is 10.4. The molecule has 2 atom stereocenters. The molecular formula is C13H17N5O3S. The molecule has 3 rings (SSSR count). The van der Waals surface area contributed by atoms with Gasteiger partial charge in [0.15, 0.2) is 5.82 Å². The minimum Gasteiger partial charge on any atom is -0.477 e. The van der Waals surface area contributed by atoms with Gasteiger partial charge in [-0.2, -0.15) is 9.90 Å². The SMILES string of the molecule is CCC1C(=O)N2C(C(=O)O)=C(SCc3nn(C)nc3N)CC12. The van der Waals surface area contributed by atoms with Gasteiger partial charge in [-0.05, 0) is 6.42 Å². The zero-order valence-electron chi connectivity index (χ0n) is 12.3. The number of thioether (sulfide) groups is 1. The smallest absolute Gasteiger partial charge is 0.353 e. The molecule has 22 heavy (non-hydrogen) atoms. The molecule has 2 unspecified atom stereocenters. The van der Waals surface area contributed by atoms with Crippen LogP contribution in [0, 0.1) is 5.92 Å². The molecule has 3 heterocycles. The van der Waals surface area contributed by atoms with E-state index < -0.39 is 5.97 Å². The standard InChI is InChI=1S/C13H17N5O3S/c1-3-6-8-4-9(10(13(20)21)18(8)12(6)19)22-5-7-11(14)16-17(2)15-7/h6,8H,3-5H2,1-2H3,(H2,14,16)(H,20,21). The van der Waals surface area contributed by atoms with Crippen molar-refractivity contribution in [1.82, 2.24) is 19.9 Å². The number of amides is 1. The largest absolute Gasteiger partial charge is 0.477 e. The van der Waals surface area contributed by atoms with Gasteiger partial charge >= 0.3 is 5.97 Å². The molecule has 1 saturated heterocycles. The Labute approximate surface area is 131 Å². The Hall–Kier alpha value is -2.03. The van der Waals surface area contributed by atoms with Crippen LogP contribution in [0.15, 0.2) is 10.6 Å². The number of carbonyl (C=O) groups is 2. The summed E-state index contributed by atoms with van der Waals surface area (Å²) in [4.78, 5) is 27.1. The summed E-state index contributed by atoms with van der Waals surface area (Å²) in [6.07, 6.45) is 1.33. The molecule has 2 aliphatic rings. The van der Waals surface area contributed by atoms with Crippen molar-refractivity contribution in [3.63, 3.8) is 0 Å². The third-order valence-corrected chi connectivity index (χ3v) is 5.22. The Bertz CT molecular complexity index is 683. The number of β-lactam (4-membered cyclic amide) rings is 1. The molecule has 1 aromatic rings. The van der Waals surface area contributed by atoms with Crippen LogP contribution < -0.4 is 5.73 Å². The number of hydrogen-bond acceptors (Lipinski definition) is 6. The van der Waals surface area contributed by atoms with E-state index in [0.717, 1.165) is 6.42 Å². The molecule has 1 amide bonds. The highest BCUT2D eigenvalue weighted by Crippen LogP contribution is 2.47. The second kappa shape index (κ2) is 5.31. The average molecular weight is 323 g/mol. The number of aliphatic carboxylic acids is 1. The van der Waals surface area contributed by atoms with E-state index in [-0.39, 0.29) is 23.6 Å². The van der Waals surface area contributed by atoms with E-state index in [2.05, 4.69) is 10.2 Å². The summed E-state index contributed by atoms with van der Waals surface area (Å²) in [7, 11) is 1.68. The molecule has 0 spiro atoms. The number of carboxylic acids is 1. The second-order valence-corrected chi connectivity index (χ2v) is 6.45. The van der Waals surface area contributed by atoms with Crippen molar-refractivity contribution >= 4 is 29.5 Å². The van der Waals surface area contributed by atoms with Crippen molar-refractivity contribution in [2.24, 2.45) is 13.0 Å². The highest BCUT2D eigenvalue weighted by molar-refractivity contribution is 8.02. The summed E-state index contributed by atoms with van der Waals surface area (Å²) >= 11 is 1.37. The van der Waals surface area contributed by atoms with E-state index in [1.54, 1.807) is 7.05 Å². The quantitative estimate of drug-likeness (QED) is 0.761. The third-order valence-electron chi connectivity index (χ3n) is 4.09. The van der Waals surface area contributed by atoms with Crippen molar-refractivity contribution in [3.8, 4) is 0 Å². The number of aryl methyl sites for hydroxylation is 1. The van der Waals surface area contributed by atoms with Crippen LogP contribution >= 0.6 is 11.8 Å². The predicted octanol–water partition coefficient (Wildman–Crippen LogP) is 0.567. The van der Waals surface area contributed by atoms with E-state index in [1.165, 1.54) is 21.5 Å². The Morgan fingerprint density at radius 1 is 1.50 bits per heavy atom. The number of nitrogen functional groups attached to an aromatic ring is 1. The molecule has 2 aliphatic heterocycles. The third kappa shape index (κ3) is 2.16. The lowest BCUT2D eigenvalue weighted by Crippen LogP contribution is -2.58. The van der Waals surface area contributed by atoms with Crippen molar-refractivity contribution < 1.29 is 14.7 Å². The van der Waals surface area contributed by atoms with Gasteiger partial charge in [0, 0.05) is 24.1 Å². The number of carbonyl (C=O) groups excluding carboxylic acids is 1. The number of nitrogens with zero attached hydrogens (tertiary/aromatic N) is 4. The molecule has 3 N–H and O–H groups in total. The molecule has 0 saturated carbocycles. The lowest BCUT2D eigenvalue weighted by Gasteiger charge is -2.42. The zero-order chi connectivity index (χ0) is 16.0. The van der Waals surface area contributed by atoms with Gasteiger partial charge in [-0.1, -0.05) is 6.92 Å². The summed E-state index contributed by atoms with van der Waals surface area (Å²) < 4.78 is 0. The Morgan fingerprint density at radius 3 is 2.77 bits per heavy atom. The van der Waals surface area contributed by atoms with Gasteiger partial charge in [-0.15, -0.1) is 16.9 Å².